The molecular formula is C24H41Cl2N3O4S. The molecule has 0 saturated carbocycles. The van der Waals surface area contributed by atoms with E-state index in [1.54, 1.807) is 18.2 Å². The summed E-state index contributed by atoms with van der Waals surface area (Å²) in [6.45, 7) is 10.0. The second-order valence-electron chi connectivity index (χ2n) is 9.07. The molecule has 0 fully saturated rings. The van der Waals surface area contributed by atoms with E-state index in [0.29, 0.717) is 54.9 Å². The molecule has 1 aromatic rings. The third kappa shape index (κ3) is 12.2. The number of nitrogens with zero attached hydrogens (tertiary/aromatic N) is 1. The van der Waals surface area contributed by atoms with Crippen molar-refractivity contribution >= 4 is 39.1 Å². The number of sulfonamides is 1. The van der Waals surface area contributed by atoms with E-state index < -0.39 is 28.1 Å². The van der Waals surface area contributed by atoms with Crippen LogP contribution in [0.15, 0.2) is 18.2 Å². The normalized spacial score (nSPS) is 13.9. The van der Waals surface area contributed by atoms with E-state index in [4.69, 9.17) is 23.2 Å². The number of benzene rings is 1. The number of carbonyl (C=O) groups excluding carboxylic acids is 1. The van der Waals surface area contributed by atoms with Gasteiger partial charge in [-0.25, -0.2) is 12.7 Å². The van der Waals surface area contributed by atoms with Crippen LogP contribution in [0.4, 0.5) is 0 Å². The number of amides is 1. The molecule has 10 heteroatoms. The first kappa shape index (κ1) is 31.1. The molecule has 1 rings (SSSR count). The summed E-state index contributed by atoms with van der Waals surface area (Å²) in [5, 5.41) is 17.8. The van der Waals surface area contributed by atoms with Crippen molar-refractivity contribution in [3.05, 3.63) is 33.8 Å². The molecule has 0 spiro atoms. The average Bonchev–Trinajstić information content (AvgIpc) is 2.74. The maximum atomic E-state index is 12.7. The van der Waals surface area contributed by atoms with Gasteiger partial charge in [0, 0.05) is 36.1 Å². The number of aliphatic hydroxyl groups is 1. The van der Waals surface area contributed by atoms with Gasteiger partial charge in [-0.2, -0.15) is 0 Å². The third-order valence-corrected chi connectivity index (χ3v) is 7.68. The van der Waals surface area contributed by atoms with Crippen LogP contribution in [0.3, 0.4) is 0 Å². The Morgan fingerprint density at radius 1 is 1.09 bits per heavy atom. The summed E-state index contributed by atoms with van der Waals surface area (Å²) >= 11 is 12.2. The predicted molar refractivity (Wildman–Crippen MR) is 141 cm³/mol. The summed E-state index contributed by atoms with van der Waals surface area (Å²) in [7, 11) is -3.53. The largest absolute Gasteiger partial charge is 0.390 e. The number of nitrogens with one attached hydrogen (secondary N) is 2. The van der Waals surface area contributed by atoms with Gasteiger partial charge in [0.1, 0.15) is 0 Å². The monoisotopic (exact) mass is 537 g/mol. The molecule has 0 aliphatic carbocycles. The van der Waals surface area contributed by atoms with Crippen molar-refractivity contribution in [2.45, 2.75) is 71.9 Å². The second kappa shape index (κ2) is 16.0. The molecule has 1 aromatic carbocycles. The van der Waals surface area contributed by atoms with Gasteiger partial charge in [0.2, 0.25) is 15.9 Å². The Kier molecular flexibility index (Phi) is 14.6. The van der Waals surface area contributed by atoms with Gasteiger partial charge in [-0.05, 0) is 61.9 Å². The van der Waals surface area contributed by atoms with Crippen molar-refractivity contribution < 1.29 is 18.3 Å². The average molecular weight is 539 g/mol. The Bertz CT molecular complexity index is 826. The fraction of sp³-hybridized carbons (Fsp3) is 0.708. The van der Waals surface area contributed by atoms with Gasteiger partial charge in [-0.15, -0.1) is 0 Å². The molecular weight excluding hydrogens is 497 g/mol. The lowest BCUT2D eigenvalue weighted by atomic mass is 10.0. The van der Waals surface area contributed by atoms with Gasteiger partial charge in [0.15, 0.2) is 0 Å². The molecule has 0 radical (unpaired) electrons. The van der Waals surface area contributed by atoms with Crippen molar-refractivity contribution in [3.8, 4) is 0 Å². The zero-order valence-electron chi connectivity index (χ0n) is 20.8. The number of rotatable bonds is 17. The fourth-order valence-corrected chi connectivity index (χ4v) is 5.76. The molecule has 0 aliphatic rings. The van der Waals surface area contributed by atoms with Crippen molar-refractivity contribution in [2.75, 3.05) is 31.9 Å². The van der Waals surface area contributed by atoms with Crippen molar-refractivity contribution in [3.63, 3.8) is 0 Å². The number of hydrogen-bond acceptors (Lipinski definition) is 5. The summed E-state index contributed by atoms with van der Waals surface area (Å²) in [5.74, 6) is -0.149. The number of hydrogen-bond donors (Lipinski definition) is 3. The molecule has 0 bridgehead atoms. The lowest BCUT2D eigenvalue weighted by molar-refractivity contribution is -0.122. The van der Waals surface area contributed by atoms with Crippen molar-refractivity contribution in [1.29, 1.82) is 0 Å². The van der Waals surface area contributed by atoms with Crippen LogP contribution in [0.25, 0.3) is 0 Å². The fourth-order valence-electron chi connectivity index (χ4n) is 3.57. The predicted octanol–water partition coefficient (Wildman–Crippen LogP) is 3.86. The van der Waals surface area contributed by atoms with Gasteiger partial charge in [0.25, 0.3) is 0 Å². The summed E-state index contributed by atoms with van der Waals surface area (Å²) in [4.78, 5) is 12.7. The third-order valence-electron chi connectivity index (χ3n) is 5.37. The summed E-state index contributed by atoms with van der Waals surface area (Å²) in [6.07, 6.45) is 1.66. The topological polar surface area (TPSA) is 98.7 Å². The summed E-state index contributed by atoms with van der Waals surface area (Å²) in [6, 6.07) is 4.47. The van der Waals surface area contributed by atoms with E-state index in [2.05, 4.69) is 24.5 Å². The van der Waals surface area contributed by atoms with Crippen LogP contribution in [0.5, 0.6) is 0 Å². The van der Waals surface area contributed by atoms with E-state index in [0.717, 1.165) is 18.5 Å². The van der Waals surface area contributed by atoms with Crippen LogP contribution in [0.1, 0.15) is 58.9 Å². The van der Waals surface area contributed by atoms with Gasteiger partial charge in [-0.3, -0.25) is 4.79 Å². The smallest absolute Gasteiger partial charge is 0.221 e. The van der Waals surface area contributed by atoms with Crippen LogP contribution >= 0.6 is 23.2 Å². The lowest BCUT2D eigenvalue weighted by Crippen LogP contribution is -2.49. The van der Waals surface area contributed by atoms with Crippen LogP contribution in [0, 0.1) is 5.92 Å². The zero-order chi connectivity index (χ0) is 25.7. The highest BCUT2D eigenvalue weighted by Gasteiger charge is 2.25. The van der Waals surface area contributed by atoms with Crippen LogP contribution in [-0.4, -0.2) is 67.8 Å². The van der Waals surface area contributed by atoms with Crippen LogP contribution in [-0.2, 0) is 21.2 Å². The molecule has 0 aromatic heterocycles. The lowest BCUT2D eigenvalue weighted by Gasteiger charge is -2.26. The molecule has 0 heterocycles. The molecule has 34 heavy (non-hydrogen) atoms. The highest BCUT2D eigenvalue weighted by atomic mass is 35.5. The van der Waals surface area contributed by atoms with E-state index in [1.807, 2.05) is 13.8 Å². The molecule has 196 valence electrons. The SMILES string of the molecule is CCCN(CCC)S(=O)(=O)CCC(=O)N[C@@H](Cc1cc(Cl)cc(Cl)c1)[C@@H](O)CNCCC(C)C. The minimum Gasteiger partial charge on any atom is -0.390 e. The number of halogens is 2. The van der Waals surface area contributed by atoms with Crippen molar-refractivity contribution in [2.24, 2.45) is 5.92 Å². The van der Waals surface area contributed by atoms with Gasteiger partial charge >= 0.3 is 0 Å². The Morgan fingerprint density at radius 2 is 1.68 bits per heavy atom. The summed E-state index contributed by atoms with van der Waals surface area (Å²) in [5.41, 5.74) is 0.772. The molecule has 1 amide bonds. The highest BCUT2D eigenvalue weighted by molar-refractivity contribution is 7.89. The Labute approximate surface area is 215 Å². The van der Waals surface area contributed by atoms with Gasteiger partial charge in [-0.1, -0.05) is 50.9 Å². The maximum absolute atomic E-state index is 12.7. The van der Waals surface area contributed by atoms with E-state index in [9.17, 15) is 18.3 Å². The first-order valence-corrected chi connectivity index (χ1v) is 14.5. The zero-order valence-corrected chi connectivity index (χ0v) is 23.1. The Morgan fingerprint density at radius 3 is 2.21 bits per heavy atom. The molecule has 2 atom stereocenters. The number of carbonyl (C=O) groups is 1. The Hall–Kier alpha value is -0.900. The molecule has 0 saturated heterocycles. The first-order chi connectivity index (χ1) is 16.0. The van der Waals surface area contributed by atoms with Gasteiger partial charge < -0.3 is 15.7 Å². The minimum absolute atomic E-state index is 0.174. The van der Waals surface area contributed by atoms with Crippen molar-refractivity contribution in [1.82, 2.24) is 14.9 Å². The van der Waals surface area contributed by atoms with Crippen LogP contribution < -0.4 is 10.6 Å². The molecule has 7 nitrogen and oxygen atoms in total. The quantitative estimate of drug-likeness (QED) is 0.262. The Balaban J connectivity index is 2.85. The maximum Gasteiger partial charge on any atom is 0.221 e. The summed E-state index contributed by atoms with van der Waals surface area (Å²) < 4.78 is 26.8. The highest BCUT2D eigenvalue weighted by Crippen LogP contribution is 2.20. The van der Waals surface area contributed by atoms with E-state index >= 15 is 0 Å². The molecule has 0 unspecified atom stereocenters. The van der Waals surface area contributed by atoms with E-state index in [-0.39, 0.29) is 12.2 Å². The number of aliphatic hydroxyl groups excluding tert-OH is 1. The van der Waals surface area contributed by atoms with Gasteiger partial charge in [0.05, 0.1) is 17.9 Å². The van der Waals surface area contributed by atoms with Crippen LogP contribution in [0.2, 0.25) is 10.0 Å². The minimum atomic E-state index is -3.53. The first-order valence-electron chi connectivity index (χ1n) is 12.1. The van der Waals surface area contributed by atoms with E-state index in [1.165, 1.54) is 4.31 Å². The molecule has 0 aliphatic heterocycles. The standard InChI is InChI=1S/C24H41Cl2N3O4S/c1-5-10-29(11-6-2)34(32,33)12-8-24(31)28-22(23(30)17-27-9-7-18(3)4)15-19-13-20(25)16-21(26)14-19/h13-14,16,18,22-23,27,30H,5-12,15,17H2,1-4H3,(H,28,31)/t22-,23-/m0/s1. The molecule has 3 N–H and O–H groups in total. The second-order valence-corrected chi connectivity index (χ2v) is 12.0.